The van der Waals surface area contributed by atoms with Crippen LogP contribution in [-0.2, 0) is 17.9 Å². The molecule has 0 radical (unpaired) electrons. The van der Waals surface area contributed by atoms with Crippen molar-refractivity contribution in [3.8, 4) is 0 Å². The Bertz CT molecular complexity index is 377. The van der Waals surface area contributed by atoms with Crippen LogP contribution >= 0.6 is 0 Å². The first-order chi connectivity index (χ1) is 8.79. The van der Waals surface area contributed by atoms with Crippen molar-refractivity contribution in [2.24, 2.45) is 5.92 Å². The minimum Gasteiger partial charge on any atom is -0.361 e. The zero-order valence-corrected chi connectivity index (χ0v) is 11.3. The Morgan fingerprint density at radius 2 is 2.05 bits per heavy atom. The van der Waals surface area contributed by atoms with Gasteiger partial charge in [-0.05, 0) is 19.4 Å². The van der Waals surface area contributed by atoms with Gasteiger partial charge in [0.1, 0.15) is 6.61 Å². The lowest BCUT2D eigenvalue weighted by Gasteiger charge is -2.14. The molecule has 19 heavy (non-hydrogen) atoms. The molecule has 0 aromatic carbocycles. The molecule has 7 heteroatoms. The van der Waals surface area contributed by atoms with E-state index in [0.717, 1.165) is 13.5 Å². The number of nitrogens with one attached hydrogen (secondary N) is 1. The molecule has 1 unspecified atom stereocenters. The summed E-state index contributed by atoms with van der Waals surface area (Å²) in [4.78, 5) is 0. The Morgan fingerprint density at radius 3 is 2.63 bits per heavy atom. The summed E-state index contributed by atoms with van der Waals surface area (Å²) in [5.74, 6) is 0.805. The average molecular weight is 280 g/mol. The molecule has 0 saturated heterocycles. The lowest BCUT2D eigenvalue weighted by atomic mass is 10.2. The highest BCUT2D eigenvalue weighted by molar-refractivity contribution is 5.04. The van der Waals surface area contributed by atoms with Crippen LogP contribution < -0.4 is 5.32 Å². The van der Waals surface area contributed by atoms with Crippen molar-refractivity contribution in [2.45, 2.75) is 46.2 Å². The molecule has 1 heterocycles. The maximum absolute atomic E-state index is 12.2. The van der Waals surface area contributed by atoms with E-state index in [2.05, 4.69) is 29.1 Å². The molecule has 0 fully saturated rings. The standard InChI is InChI=1S/C12H19F3N2O2/c1-8(2)5-16-6-10-4-11(19-17-10)7-18-9(3)12(13,14)15/h4,8-9,16H,5-7H2,1-3H3. The highest BCUT2D eigenvalue weighted by Gasteiger charge is 2.37. The first-order valence-corrected chi connectivity index (χ1v) is 6.12. The molecule has 1 rings (SSSR count). The van der Waals surface area contributed by atoms with Gasteiger partial charge < -0.3 is 14.6 Å². The van der Waals surface area contributed by atoms with E-state index in [4.69, 9.17) is 4.52 Å². The van der Waals surface area contributed by atoms with Crippen molar-refractivity contribution in [3.63, 3.8) is 0 Å². The van der Waals surface area contributed by atoms with E-state index in [9.17, 15) is 13.2 Å². The third kappa shape index (κ3) is 6.07. The largest absolute Gasteiger partial charge is 0.414 e. The number of hydrogen-bond acceptors (Lipinski definition) is 4. The minimum atomic E-state index is -4.36. The predicted molar refractivity (Wildman–Crippen MR) is 63.4 cm³/mol. The van der Waals surface area contributed by atoms with E-state index in [0.29, 0.717) is 18.2 Å². The van der Waals surface area contributed by atoms with Gasteiger partial charge in [0.2, 0.25) is 0 Å². The van der Waals surface area contributed by atoms with Gasteiger partial charge in [0.15, 0.2) is 11.9 Å². The Hall–Kier alpha value is -1.08. The molecule has 0 aliphatic heterocycles. The molecule has 0 aliphatic carbocycles. The number of alkyl halides is 3. The van der Waals surface area contributed by atoms with Crippen molar-refractivity contribution < 1.29 is 22.4 Å². The number of halogens is 3. The molecule has 0 aliphatic rings. The SMILES string of the molecule is CC(C)CNCc1cc(COC(C)C(F)(F)F)on1. The molecule has 0 spiro atoms. The Balaban J connectivity index is 2.34. The molecule has 0 amide bonds. The summed E-state index contributed by atoms with van der Waals surface area (Å²) >= 11 is 0. The van der Waals surface area contributed by atoms with Crippen molar-refractivity contribution >= 4 is 0 Å². The van der Waals surface area contributed by atoms with Crippen LogP contribution in [0, 0.1) is 5.92 Å². The van der Waals surface area contributed by atoms with Gasteiger partial charge in [-0.3, -0.25) is 0 Å². The first-order valence-electron chi connectivity index (χ1n) is 6.12. The van der Waals surface area contributed by atoms with Gasteiger partial charge in [-0.2, -0.15) is 13.2 Å². The maximum atomic E-state index is 12.2. The van der Waals surface area contributed by atoms with E-state index in [-0.39, 0.29) is 12.4 Å². The molecule has 110 valence electrons. The lowest BCUT2D eigenvalue weighted by Crippen LogP contribution is -2.28. The van der Waals surface area contributed by atoms with E-state index < -0.39 is 12.3 Å². The van der Waals surface area contributed by atoms with Crippen LogP contribution in [0.5, 0.6) is 0 Å². The van der Waals surface area contributed by atoms with Crippen LogP contribution in [0.25, 0.3) is 0 Å². The second-order valence-electron chi connectivity index (χ2n) is 4.80. The number of aromatic nitrogens is 1. The molecule has 1 aromatic rings. The van der Waals surface area contributed by atoms with Gasteiger partial charge in [-0.25, -0.2) is 0 Å². The molecule has 0 bridgehead atoms. The summed E-state index contributed by atoms with van der Waals surface area (Å²) in [6.07, 6.45) is -6.18. The highest BCUT2D eigenvalue weighted by atomic mass is 19.4. The summed E-state index contributed by atoms with van der Waals surface area (Å²) in [6.45, 7) is 6.24. The van der Waals surface area contributed by atoms with Gasteiger partial charge in [-0.15, -0.1) is 0 Å². The average Bonchev–Trinajstić information content (AvgIpc) is 2.72. The monoisotopic (exact) mass is 280 g/mol. The van der Waals surface area contributed by atoms with Crippen LogP contribution in [0.2, 0.25) is 0 Å². The zero-order chi connectivity index (χ0) is 14.5. The van der Waals surface area contributed by atoms with Crippen molar-refractivity contribution in [1.29, 1.82) is 0 Å². The Labute approximate surface area is 110 Å². The number of hydrogen-bond donors (Lipinski definition) is 1. The summed E-state index contributed by atoms with van der Waals surface area (Å²) in [6, 6.07) is 1.59. The van der Waals surface area contributed by atoms with Crippen LogP contribution in [0.15, 0.2) is 10.6 Å². The summed E-state index contributed by atoms with van der Waals surface area (Å²) in [5, 5.41) is 6.91. The van der Waals surface area contributed by atoms with Crippen molar-refractivity contribution in [2.75, 3.05) is 6.54 Å². The summed E-state index contributed by atoms with van der Waals surface area (Å²) in [7, 11) is 0. The van der Waals surface area contributed by atoms with Crippen LogP contribution in [0.4, 0.5) is 13.2 Å². The fraction of sp³-hybridized carbons (Fsp3) is 0.750. The van der Waals surface area contributed by atoms with E-state index >= 15 is 0 Å². The predicted octanol–water partition coefficient (Wildman–Crippen LogP) is 2.89. The molecule has 4 nitrogen and oxygen atoms in total. The minimum absolute atomic E-state index is 0.238. The fourth-order valence-electron chi connectivity index (χ4n) is 1.30. The van der Waals surface area contributed by atoms with Crippen LogP contribution in [-0.4, -0.2) is 24.0 Å². The smallest absolute Gasteiger partial charge is 0.361 e. The summed E-state index contributed by atoms with van der Waals surface area (Å²) < 4.78 is 46.2. The second kappa shape index (κ2) is 6.91. The molecular formula is C12H19F3N2O2. The van der Waals surface area contributed by atoms with Crippen LogP contribution in [0.1, 0.15) is 32.2 Å². The molecule has 1 aromatic heterocycles. The maximum Gasteiger partial charge on any atom is 0.414 e. The Kier molecular flexibility index (Phi) is 5.81. The third-order valence-corrected chi connectivity index (χ3v) is 2.40. The number of nitrogens with zero attached hydrogens (tertiary/aromatic N) is 1. The van der Waals surface area contributed by atoms with Crippen molar-refractivity contribution in [3.05, 3.63) is 17.5 Å². The van der Waals surface area contributed by atoms with Gasteiger partial charge in [-0.1, -0.05) is 19.0 Å². The molecule has 1 N–H and O–H groups in total. The van der Waals surface area contributed by atoms with Gasteiger partial charge in [0.05, 0.1) is 5.69 Å². The van der Waals surface area contributed by atoms with E-state index in [1.807, 2.05) is 0 Å². The van der Waals surface area contributed by atoms with Gasteiger partial charge in [0, 0.05) is 12.6 Å². The summed E-state index contributed by atoms with van der Waals surface area (Å²) in [5.41, 5.74) is 0.652. The third-order valence-electron chi connectivity index (χ3n) is 2.40. The van der Waals surface area contributed by atoms with Crippen LogP contribution in [0.3, 0.4) is 0 Å². The normalized spacial score (nSPS) is 14.1. The lowest BCUT2D eigenvalue weighted by molar-refractivity contribution is -0.218. The highest BCUT2D eigenvalue weighted by Crippen LogP contribution is 2.23. The fourth-order valence-corrected chi connectivity index (χ4v) is 1.30. The van der Waals surface area contributed by atoms with E-state index in [1.54, 1.807) is 6.07 Å². The molecular weight excluding hydrogens is 261 g/mol. The van der Waals surface area contributed by atoms with Gasteiger partial charge >= 0.3 is 6.18 Å². The molecule has 0 saturated carbocycles. The Morgan fingerprint density at radius 1 is 1.37 bits per heavy atom. The number of ether oxygens (including phenoxy) is 1. The first kappa shape index (κ1) is 16.0. The number of rotatable bonds is 7. The second-order valence-corrected chi connectivity index (χ2v) is 4.80. The van der Waals surface area contributed by atoms with Gasteiger partial charge in [0.25, 0.3) is 0 Å². The zero-order valence-electron chi connectivity index (χ0n) is 11.3. The topological polar surface area (TPSA) is 47.3 Å². The molecule has 1 atom stereocenters. The van der Waals surface area contributed by atoms with E-state index in [1.165, 1.54) is 0 Å². The quantitative estimate of drug-likeness (QED) is 0.834. The van der Waals surface area contributed by atoms with Crippen molar-refractivity contribution in [1.82, 2.24) is 10.5 Å².